The maximum absolute atomic E-state index is 11.6. The molecule has 0 amide bonds. The molecule has 2 N–H and O–H groups in total. The molecule has 1 aliphatic carbocycles. The Morgan fingerprint density at radius 2 is 1.86 bits per heavy atom. The van der Waals surface area contributed by atoms with Crippen molar-refractivity contribution in [2.45, 2.75) is 63.9 Å². The number of nitrogens with two attached hydrogens (primary N) is 1. The molecule has 0 spiro atoms. The normalized spacial score (nSPS) is 23.0. The van der Waals surface area contributed by atoms with E-state index in [1.807, 2.05) is 0 Å². The summed E-state index contributed by atoms with van der Waals surface area (Å²) < 4.78 is 29.3. The molecule has 2 unspecified atom stereocenters. The Kier molecular flexibility index (Phi) is 4.94. The molecule has 0 radical (unpaired) electrons. The molecule has 1 aromatic carbocycles. The van der Waals surface area contributed by atoms with Crippen LogP contribution in [0.5, 0.6) is 5.75 Å². The lowest BCUT2D eigenvalue weighted by molar-refractivity contribution is 0.122. The van der Waals surface area contributed by atoms with Crippen LogP contribution in [0.4, 0.5) is 0 Å². The van der Waals surface area contributed by atoms with Crippen molar-refractivity contribution < 1.29 is 13.2 Å². The number of primary sulfonamides is 1. The number of rotatable bonds is 4. The molecule has 5 heteroatoms. The van der Waals surface area contributed by atoms with Crippen molar-refractivity contribution in [3.8, 4) is 5.75 Å². The van der Waals surface area contributed by atoms with Gasteiger partial charge >= 0.3 is 0 Å². The maximum atomic E-state index is 11.6. The number of hydrogen-bond donors (Lipinski definition) is 1. The topological polar surface area (TPSA) is 69.4 Å². The highest BCUT2D eigenvalue weighted by Gasteiger charge is 2.23. The predicted molar refractivity (Wildman–Crippen MR) is 84.0 cm³/mol. The van der Waals surface area contributed by atoms with Crippen LogP contribution in [0.3, 0.4) is 0 Å². The zero-order valence-corrected chi connectivity index (χ0v) is 13.9. The lowest BCUT2D eigenvalue weighted by atomic mass is 9.85. The van der Waals surface area contributed by atoms with Crippen LogP contribution < -0.4 is 9.88 Å². The summed E-state index contributed by atoms with van der Waals surface area (Å²) in [4.78, 5) is 0.213. The van der Waals surface area contributed by atoms with Crippen molar-refractivity contribution in [2.75, 3.05) is 0 Å². The van der Waals surface area contributed by atoms with Gasteiger partial charge in [-0.05, 0) is 62.3 Å². The Bertz CT molecular complexity index is 587. The average molecular weight is 311 g/mol. The third-order valence-corrected chi connectivity index (χ3v) is 5.55. The summed E-state index contributed by atoms with van der Waals surface area (Å²) >= 11 is 0. The molecule has 1 saturated carbocycles. The predicted octanol–water partition coefficient (Wildman–Crippen LogP) is 3.30. The van der Waals surface area contributed by atoms with Crippen molar-refractivity contribution >= 4 is 10.0 Å². The molecule has 1 fully saturated rings. The smallest absolute Gasteiger partial charge is 0.238 e. The zero-order chi connectivity index (χ0) is 15.6. The second kappa shape index (κ2) is 6.36. The number of aryl methyl sites for hydroxylation is 2. The van der Waals surface area contributed by atoms with Crippen LogP contribution >= 0.6 is 0 Å². The van der Waals surface area contributed by atoms with E-state index in [4.69, 9.17) is 9.88 Å². The van der Waals surface area contributed by atoms with Gasteiger partial charge in [-0.1, -0.05) is 19.8 Å². The molecular weight excluding hydrogens is 286 g/mol. The number of ether oxygens (including phenoxy) is 1. The molecule has 0 aliphatic heterocycles. The molecule has 0 aromatic heterocycles. The van der Waals surface area contributed by atoms with E-state index in [0.717, 1.165) is 24.5 Å². The highest BCUT2D eigenvalue weighted by atomic mass is 32.2. The molecule has 2 atom stereocenters. The van der Waals surface area contributed by atoms with Crippen LogP contribution in [0, 0.1) is 19.8 Å². The van der Waals surface area contributed by atoms with E-state index in [0.29, 0.717) is 11.1 Å². The van der Waals surface area contributed by atoms with Gasteiger partial charge in [0.25, 0.3) is 0 Å². The minimum Gasteiger partial charge on any atom is -0.490 e. The average Bonchev–Trinajstić information content (AvgIpc) is 2.36. The van der Waals surface area contributed by atoms with Crippen LogP contribution in [-0.2, 0) is 10.0 Å². The Labute approximate surface area is 127 Å². The minimum atomic E-state index is -3.68. The van der Waals surface area contributed by atoms with Gasteiger partial charge in [0, 0.05) is 0 Å². The molecule has 4 nitrogen and oxygen atoms in total. The monoisotopic (exact) mass is 311 g/mol. The molecule has 21 heavy (non-hydrogen) atoms. The van der Waals surface area contributed by atoms with Gasteiger partial charge in [0.2, 0.25) is 10.0 Å². The Balaban J connectivity index is 2.19. The fourth-order valence-electron chi connectivity index (χ4n) is 3.34. The fraction of sp³-hybridized carbons (Fsp3) is 0.625. The number of benzene rings is 1. The first-order valence-electron chi connectivity index (χ1n) is 7.62. The van der Waals surface area contributed by atoms with Crippen molar-refractivity contribution in [2.24, 2.45) is 11.1 Å². The van der Waals surface area contributed by atoms with Gasteiger partial charge in [0.15, 0.2) is 0 Å². The third kappa shape index (κ3) is 3.98. The Hall–Kier alpha value is -1.07. The number of sulfonamides is 1. The largest absolute Gasteiger partial charge is 0.490 e. The first kappa shape index (κ1) is 16.3. The summed E-state index contributed by atoms with van der Waals surface area (Å²) in [6, 6.07) is 3.56. The standard InChI is InChI=1S/C16H25NO3S/c1-4-13-6-5-7-14(10-13)20-15-8-11(2)16(12(3)9-15)21(17,18)19/h8-9,13-14H,4-7,10H2,1-3H3,(H2,17,18,19). The van der Waals surface area contributed by atoms with E-state index in [1.54, 1.807) is 26.0 Å². The fourth-order valence-corrected chi connectivity index (χ4v) is 4.35. The van der Waals surface area contributed by atoms with Crippen LogP contribution in [0.2, 0.25) is 0 Å². The van der Waals surface area contributed by atoms with Crippen molar-refractivity contribution in [1.29, 1.82) is 0 Å². The van der Waals surface area contributed by atoms with E-state index in [9.17, 15) is 8.42 Å². The maximum Gasteiger partial charge on any atom is 0.238 e. The minimum absolute atomic E-state index is 0.213. The summed E-state index contributed by atoms with van der Waals surface area (Å²) in [6.45, 7) is 5.74. The SMILES string of the molecule is CCC1CCCC(Oc2cc(C)c(S(N)(=O)=O)c(C)c2)C1. The number of hydrogen-bond acceptors (Lipinski definition) is 3. The van der Waals surface area contributed by atoms with Gasteiger partial charge in [-0.25, -0.2) is 13.6 Å². The van der Waals surface area contributed by atoms with Crippen LogP contribution in [0.25, 0.3) is 0 Å². The van der Waals surface area contributed by atoms with Crippen molar-refractivity contribution in [3.63, 3.8) is 0 Å². The molecule has 118 valence electrons. The molecule has 0 saturated heterocycles. The van der Waals surface area contributed by atoms with Crippen LogP contribution in [0.1, 0.15) is 50.2 Å². The summed E-state index contributed by atoms with van der Waals surface area (Å²) in [6.07, 6.45) is 6.09. The van der Waals surface area contributed by atoms with Gasteiger partial charge in [-0.3, -0.25) is 0 Å². The quantitative estimate of drug-likeness (QED) is 0.927. The zero-order valence-electron chi connectivity index (χ0n) is 13.1. The Morgan fingerprint density at radius 3 is 2.38 bits per heavy atom. The highest BCUT2D eigenvalue weighted by Crippen LogP contribution is 2.31. The van der Waals surface area contributed by atoms with Gasteiger partial charge in [-0.2, -0.15) is 0 Å². The van der Waals surface area contributed by atoms with E-state index >= 15 is 0 Å². The van der Waals surface area contributed by atoms with Crippen LogP contribution in [0.15, 0.2) is 17.0 Å². The van der Waals surface area contributed by atoms with E-state index in [1.165, 1.54) is 19.3 Å². The van der Waals surface area contributed by atoms with E-state index in [2.05, 4.69) is 6.92 Å². The van der Waals surface area contributed by atoms with Gasteiger partial charge in [0.05, 0.1) is 11.0 Å². The second-order valence-corrected chi connectivity index (χ2v) is 7.61. The van der Waals surface area contributed by atoms with Crippen molar-refractivity contribution in [3.05, 3.63) is 23.3 Å². The molecule has 2 rings (SSSR count). The van der Waals surface area contributed by atoms with Gasteiger partial charge < -0.3 is 4.74 Å². The summed E-state index contributed by atoms with van der Waals surface area (Å²) in [5, 5.41) is 5.26. The lowest BCUT2D eigenvalue weighted by Crippen LogP contribution is -2.25. The first-order valence-corrected chi connectivity index (χ1v) is 9.16. The summed E-state index contributed by atoms with van der Waals surface area (Å²) in [5.41, 5.74) is 1.30. The molecule has 0 heterocycles. The van der Waals surface area contributed by atoms with E-state index < -0.39 is 10.0 Å². The molecular formula is C16H25NO3S. The van der Waals surface area contributed by atoms with Gasteiger partial charge in [0.1, 0.15) is 5.75 Å². The van der Waals surface area contributed by atoms with Crippen LogP contribution in [-0.4, -0.2) is 14.5 Å². The van der Waals surface area contributed by atoms with Gasteiger partial charge in [-0.15, -0.1) is 0 Å². The second-order valence-electron chi connectivity index (χ2n) is 6.11. The van der Waals surface area contributed by atoms with Crippen molar-refractivity contribution in [1.82, 2.24) is 0 Å². The molecule has 1 aromatic rings. The lowest BCUT2D eigenvalue weighted by Gasteiger charge is -2.29. The third-order valence-electron chi connectivity index (χ3n) is 4.33. The first-order chi connectivity index (χ1) is 9.81. The highest BCUT2D eigenvalue weighted by molar-refractivity contribution is 7.89. The Morgan fingerprint density at radius 1 is 1.24 bits per heavy atom. The molecule has 1 aliphatic rings. The molecule has 0 bridgehead atoms. The summed E-state index contributed by atoms with van der Waals surface area (Å²) in [7, 11) is -3.68. The van der Waals surface area contributed by atoms with E-state index in [-0.39, 0.29) is 11.0 Å². The summed E-state index contributed by atoms with van der Waals surface area (Å²) in [5.74, 6) is 1.49.